The van der Waals surface area contributed by atoms with E-state index in [0.29, 0.717) is 18.7 Å². The molecule has 3 N–H and O–H groups in total. The van der Waals surface area contributed by atoms with Crippen LogP contribution >= 0.6 is 15.9 Å². The highest BCUT2D eigenvalue weighted by molar-refractivity contribution is 9.10. The first-order chi connectivity index (χ1) is 10.6. The van der Waals surface area contributed by atoms with Gasteiger partial charge in [-0.3, -0.25) is 0 Å². The number of carbonyl (C=O) groups excluding carboxylic acids is 1. The molecule has 0 atom stereocenters. The molecule has 0 heterocycles. The topological polar surface area (TPSA) is 78.4 Å². The Morgan fingerprint density at radius 1 is 1.09 bits per heavy atom. The Labute approximate surface area is 136 Å². The van der Waals surface area contributed by atoms with Crippen LogP contribution < -0.4 is 10.6 Å². The average Bonchev–Trinajstić information content (AvgIpc) is 2.49. The molecule has 0 fully saturated rings. The van der Waals surface area contributed by atoms with Crippen molar-refractivity contribution in [1.82, 2.24) is 5.32 Å². The number of rotatable bonds is 5. The number of nitrogens with one attached hydrogen (secondary N) is 2. The van der Waals surface area contributed by atoms with E-state index in [0.717, 1.165) is 10.0 Å². The lowest BCUT2D eigenvalue weighted by atomic mass is 10.1. The van der Waals surface area contributed by atoms with Gasteiger partial charge >= 0.3 is 12.0 Å². The van der Waals surface area contributed by atoms with Gasteiger partial charge in [0, 0.05) is 16.7 Å². The Kier molecular flexibility index (Phi) is 5.55. The number of aromatic carboxylic acids is 1. The van der Waals surface area contributed by atoms with E-state index in [1.165, 1.54) is 12.1 Å². The van der Waals surface area contributed by atoms with Crippen molar-refractivity contribution in [3.63, 3.8) is 0 Å². The van der Waals surface area contributed by atoms with Crippen LogP contribution in [0.2, 0.25) is 0 Å². The Bertz CT molecular complexity index is 689. The van der Waals surface area contributed by atoms with Gasteiger partial charge in [-0.1, -0.05) is 40.2 Å². The number of halogens is 1. The summed E-state index contributed by atoms with van der Waals surface area (Å²) >= 11 is 3.45. The lowest BCUT2D eigenvalue weighted by Gasteiger charge is -2.09. The van der Waals surface area contributed by atoms with E-state index in [1.807, 2.05) is 24.3 Å². The molecule has 2 rings (SSSR count). The van der Waals surface area contributed by atoms with Crippen molar-refractivity contribution in [3.8, 4) is 0 Å². The van der Waals surface area contributed by atoms with Gasteiger partial charge < -0.3 is 15.7 Å². The molecule has 2 amide bonds. The smallest absolute Gasteiger partial charge is 0.335 e. The van der Waals surface area contributed by atoms with Crippen LogP contribution in [0.25, 0.3) is 0 Å². The fourth-order valence-corrected chi connectivity index (χ4v) is 2.40. The Morgan fingerprint density at radius 2 is 1.86 bits per heavy atom. The van der Waals surface area contributed by atoms with Crippen LogP contribution in [0, 0.1) is 0 Å². The second-order valence-electron chi connectivity index (χ2n) is 4.61. The molecule has 0 saturated carbocycles. The van der Waals surface area contributed by atoms with E-state index in [-0.39, 0.29) is 11.6 Å². The van der Waals surface area contributed by atoms with Gasteiger partial charge in [0.05, 0.1) is 5.56 Å². The highest BCUT2D eigenvalue weighted by Gasteiger charge is 2.06. The Balaban J connectivity index is 1.84. The molecule has 0 aliphatic carbocycles. The predicted octanol–water partition coefficient (Wildman–Crippen LogP) is 3.51. The molecule has 0 aliphatic heterocycles. The van der Waals surface area contributed by atoms with Gasteiger partial charge in [-0.05, 0) is 36.2 Å². The first-order valence-corrected chi connectivity index (χ1v) is 7.47. The fraction of sp³-hybridized carbons (Fsp3) is 0.125. The number of benzene rings is 2. The van der Waals surface area contributed by atoms with Crippen LogP contribution in [0.15, 0.2) is 53.0 Å². The number of carbonyl (C=O) groups is 2. The summed E-state index contributed by atoms with van der Waals surface area (Å²) < 4.78 is 1.01. The fourth-order valence-electron chi connectivity index (χ4n) is 1.92. The van der Waals surface area contributed by atoms with E-state index in [2.05, 4.69) is 26.6 Å². The summed E-state index contributed by atoms with van der Waals surface area (Å²) in [4.78, 5) is 22.7. The SMILES string of the molecule is O=C(NCCc1ccccc1Br)Nc1cccc(C(=O)O)c1. The summed E-state index contributed by atoms with van der Waals surface area (Å²) in [5.41, 5.74) is 1.68. The van der Waals surface area contributed by atoms with Crippen LogP contribution in [0.3, 0.4) is 0 Å². The molecule has 22 heavy (non-hydrogen) atoms. The number of carboxylic acid groups (broad SMARTS) is 1. The minimum atomic E-state index is -1.03. The van der Waals surface area contributed by atoms with Crippen molar-refractivity contribution in [2.24, 2.45) is 0 Å². The van der Waals surface area contributed by atoms with Crippen molar-refractivity contribution in [3.05, 3.63) is 64.1 Å². The zero-order valence-corrected chi connectivity index (χ0v) is 13.3. The van der Waals surface area contributed by atoms with Crippen molar-refractivity contribution >= 4 is 33.6 Å². The van der Waals surface area contributed by atoms with Crippen LogP contribution in [0.4, 0.5) is 10.5 Å². The third-order valence-electron chi connectivity index (χ3n) is 3.01. The second-order valence-corrected chi connectivity index (χ2v) is 5.46. The van der Waals surface area contributed by atoms with Gasteiger partial charge in [-0.15, -0.1) is 0 Å². The standard InChI is InChI=1S/C16H15BrN2O3/c17-14-7-2-1-4-11(14)8-9-18-16(22)19-13-6-3-5-12(10-13)15(20)21/h1-7,10H,8-9H2,(H,20,21)(H2,18,19,22). The molecule has 0 bridgehead atoms. The highest BCUT2D eigenvalue weighted by Crippen LogP contribution is 2.15. The zero-order valence-electron chi connectivity index (χ0n) is 11.7. The van der Waals surface area contributed by atoms with Crippen molar-refractivity contribution in [2.75, 3.05) is 11.9 Å². The van der Waals surface area contributed by atoms with Gasteiger partial charge in [0.25, 0.3) is 0 Å². The molecule has 0 spiro atoms. The summed E-state index contributed by atoms with van der Waals surface area (Å²) in [6.45, 7) is 0.479. The first kappa shape index (κ1) is 16.0. The maximum Gasteiger partial charge on any atom is 0.335 e. The number of amides is 2. The van der Waals surface area contributed by atoms with Crippen LogP contribution in [-0.4, -0.2) is 23.7 Å². The molecule has 2 aromatic carbocycles. The minimum Gasteiger partial charge on any atom is -0.478 e. The monoisotopic (exact) mass is 362 g/mol. The Hall–Kier alpha value is -2.34. The zero-order chi connectivity index (χ0) is 15.9. The molecule has 114 valence electrons. The molecular formula is C16H15BrN2O3. The second kappa shape index (κ2) is 7.61. The van der Waals surface area contributed by atoms with Gasteiger partial charge in [-0.25, -0.2) is 9.59 Å². The maximum atomic E-state index is 11.8. The molecular weight excluding hydrogens is 348 g/mol. The number of hydrogen-bond donors (Lipinski definition) is 3. The van der Waals surface area contributed by atoms with Gasteiger partial charge in [0.15, 0.2) is 0 Å². The van der Waals surface area contributed by atoms with Crippen LogP contribution in [0.1, 0.15) is 15.9 Å². The molecule has 5 nitrogen and oxygen atoms in total. The predicted molar refractivity (Wildman–Crippen MR) is 88.3 cm³/mol. The van der Waals surface area contributed by atoms with E-state index < -0.39 is 5.97 Å². The largest absolute Gasteiger partial charge is 0.478 e. The van der Waals surface area contributed by atoms with E-state index >= 15 is 0 Å². The van der Waals surface area contributed by atoms with Gasteiger partial charge in [0.2, 0.25) is 0 Å². The number of urea groups is 1. The molecule has 6 heteroatoms. The summed E-state index contributed by atoms with van der Waals surface area (Å²) in [5, 5.41) is 14.3. The third kappa shape index (κ3) is 4.60. The number of carboxylic acids is 1. The van der Waals surface area contributed by atoms with Crippen molar-refractivity contribution in [1.29, 1.82) is 0 Å². The van der Waals surface area contributed by atoms with Crippen LogP contribution in [0.5, 0.6) is 0 Å². The lowest BCUT2D eigenvalue weighted by Crippen LogP contribution is -2.30. The van der Waals surface area contributed by atoms with Crippen molar-refractivity contribution in [2.45, 2.75) is 6.42 Å². The van der Waals surface area contributed by atoms with Gasteiger partial charge in [0.1, 0.15) is 0 Å². The molecule has 0 aromatic heterocycles. The number of hydrogen-bond acceptors (Lipinski definition) is 2. The van der Waals surface area contributed by atoms with E-state index in [9.17, 15) is 9.59 Å². The quantitative estimate of drug-likeness (QED) is 0.761. The minimum absolute atomic E-state index is 0.131. The first-order valence-electron chi connectivity index (χ1n) is 6.68. The normalized spacial score (nSPS) is 10.0. The third-order valence-corrected chi connectivity index (χ3v) is 3.78. The number of anilines is 1. The van der Waals surface area contributed by atoms with Crippen molar-refractivity contribution < 1.29 is 14.7 Å². The molecule has 0 aliphatic rings. The summed E-state index contributed by atoms with van der Waals surface area (Å²) in [6.07, 6.45) is 0.698. The lowest BCUT2D eigenvalue weighted by molar-refractivity contribution is 0.0697. The molecule has 0 unspecified atom stereocenters. The van der Waals surface area contributed by atoms with Gasteiger partial charge in [-0.2, -0.15) is 0 Å². The molecule has 0 radical (unpaired) electrons. The summed E-state index contributed by atoms with van der Waals surface area (Å²) in [6, 6.07) is 13.6. The molecule has 2 aromatic rings. The highest BCUT2D eigenvalue weighted by atomic mass is 79.9. The summed E-state index contributed by atoms with van der Waals surface area (Å²) in [5.74, 6) is -1.03. The van der Waals surface area contributed by atoms with E-state index in [4.69, 9.17) is 5.11 Å². The molecule has 0 saturated heterocycles. The Morgan fingerprint density at radius 3 is 2.59 bits per heavy atom. The maximum absolute atomic E-state index is 11.8. The van der Waals surface area contributed by atoms with E-state index in [1.54, 1.807) is 12.1 Å². The summed E-state index contributed by atoms with van der Waals surface area (Å²) in [7, 11) is 0. The average molecular weight is 363 g/mol. The van der Waals surface area contributed by atoms with Crippen LogP contribution in [-0.2, 0) is 6.42 Å².